The van der Waals surface area contributed by atoms with Gasteiger partial charge in [-0.15, -0.1) is 35.7 Å². The molecule has 0 saturated heterocycles. The molecule has 3 N–H and O–H groups in total. The Kier molecular flexibility index (Phi) is 13.8. The van der Waals surface area contributed by atoms with Gasteiger partial charge in [0.05, 0.1) is 6.54 Å². The second-order valence-corrected chi connectivity index (χ2v) is 6.46. The molecule has 0 bridgehead atoms. The van der Waals surface area contributed by atoms with E-state index in [0.717, 1.165) is 24.8 Å². The second kappa shape index (κ2) is 14.4. The van der Waals surface area contributed by atoms with Crippen molar-refractivity contribution in [2.24, 2.45) is 10.9 Å². The van der Waals surface area contributed by atoms with Gasteiger partial charge in [0, 0.05) is 36.2 Å². The molecule has 0 atom stereocenters. The highest BCUT2D eigenvalue weighted by atomic mass is 127. The fraction of sp³-hybridized carbons (Fsp3) is 0.529. The molecule has 24 heavy (non-hydrogen) atoms. The molecule has 0 radical (unpaired) electrons. The maximum atomic E-state index is 11.5. The Morgan fingerprint density at radius 1 is 1.12 bits per heavy atom. The van der Waals surface area contributed by atoms with Crippen LogP contribution in [0, 0.1) is 5.92 Å². The van der Waals surface area contributed by atoms with Crippen LogP contribution in [0.1, 0.15) is 20.8 Å². The van der Waals surface area contributed by atoms with Gasteiger partial charge in [-0.05, 0) is 19.1 Å². The van der Waals surface area contributed by atoms with Gasteiger partial charge in [0.25, 0.3) is 0 Å². The van der Waals surface area contributed by atoms with Gasteiger partial charge in [-0.2, -0.15) is 0 Å². The molecule has 0 aliphatic rings. The lowest BCUT2D eigenvalue weighted by molar-refractivity contribution is -0.123. The van der Waals surface area contributed by atoms with E-state index in [1.165, 1.54) is 4.90 Å². The van der Waals surface area contributed by atoms with Crippen LogP contribution in [0.15, 0.2) is 40.2 Å². The number of nitrogens with one attached hydrogen (secondary N) is 3. The van der Waals surface area contributed by atoms with Gasteiger partial charge in [-0.1, -0.05) is 32.0 Å². The molecule has 1 rings (SSSR count). The summed E-state index contributed by atoms with van der Waals surface area (Å²) in [7, 11) is 0. The molecule has 0 unspecified atom stereocenters. The zero-order valence-electron chi connectivity index (χ0n) is 14.7. The first-order valence-corrected chi connectivity index (χ1v) is 9.09. The van der Waals surface area contributed by atoms with Crippen LogP contribution in [0.25, 0.3) is 0 Å². The molecule has 7 heteroatoms. The summed E-state index contributed by atoms with van der Waals surface area (Å²) in [5.74, 6) is 1.84. The number of benzene rings is 1. The third-order valence-electron chi connectivity index (χ3n) is 2.96. The van der Waals surface area contributed by atoms with Crippen molar-refractivity contribution in [3.05, 3.63) is 30.3 Å². The van der Waals surface area contributed by atoms with Crippen molar-refractivity contribution < 1.29 is 4.79 Å². The molecular weight excluding hydrogens is 435 g/mol. The summed E-state index contributed by atoms with van der Waals surface area (Å²) in [5.41, 5.74) is 0. The Morgan fingerprint density at radius 3 is 2.46 bits per heavy atom. The summed E-state index contributed by atoms with van der Waals surface area (Å²) >= 11 is 1.81. The lowest BCUT2D eigenvalue weighted by Crippen LogP contribution is -2.39. The molecule has 1 aromatic carbocycles. The summed E-state index contributed by atoms with van der Waals surface area (Å²) in [6, 6.07) is 10.3. The number of aliphatic imine (C=N–C) groups is 1. The topological polar surface area (TPSA) is 65.5 Å². The third-order valence-corrected chi connectivity index (χ3v) is 3.97. The lowest BCUT2D eigenvalue weighted by atomic mass is 10.2. The predicted molar refractivity (Wildman–Crippen MR) is 114 cm³/mol. The van der Waals surface area contributed by atoms with Crippen molar-refractivity contribution in [2.75, 3.05) is 31.9 Å². The number of halogens is 1. The molecule has 0 aliphatic heterocycles. The van der Waals surface area contributed by atoms with E-state index in [9.17, 15) is 4.79 Å². The van der Waals surface area contributed by atoms with Gasteiger partial charge in [0.1, 0.15) is 0 Å². The SMILES string of the molecule is CCNC(=NCCNC(=O)C(C)C)NCCSc1ccccc1.I. The molecule has 5 nitrogen and oxygen atoms in total. The number of amides is 1. The van der Waals surface area contributed by atoms with Gasteiger partial charge in [-0.25, -0.2) is 0 Å². The summed E-state index contributed by atoms with van der Waals surface area (Å²) in [4.78, 5) is 17.2. The first-order chi connectivity index (χ1) is 11.1. The number of carbonyl (C=O) groups is 1. The predicted octanol–water partition coefficient (Wildman–Crippen LogP) is 2.72. The van der Waals surface area contributed by atoms with Crippen LogP contribution < -0.4 is 16.0 Å². The van der Waals surface area contributed by atoms with Crippen molar-refractivity contribution >= 4 is 47.6 Å². The van der Waals surface area contributed by atoms with E-state index in [2.05, 4.69) is 33.1 Å². The Balaban J connectivity index is 0.00000529. The third kappa shape index (κ3) is 10.7. The Labute approximate surface area is 166 Å². The van der Waals surface area contributed by atoms with Gasteiger partial charge in [0.15, 0.2) is 5.96 Å². The fourth-order valence-corrected chi connectivity index (χ4v) is 2.54. The normalized spacial score (nSPS) is 10.9. The van der Waals surface area contributed by atoms with Crippen LogP contribution in [-0.2, 0) is 4.79 Å². The quantitative estimate of drug-likeness (QED) is 0.173. The summed E-state index contributed by atoms with van der Waals surface area (Å²) < 4.78 is 0. The Bertz CT molecular complexity index is 483. The maximum absolute atomic E-state index is 11.5. The summed E-state index contributed by atoms with van der Waals surface area (Å²) in [6.45, 7) is 8.59. The number of nitrogens with zero attached hydrogens (tertiary/aromatic N) is 1. The molecule has 136 valence electrons. The molecule has 0 heterocycles. The van der Waals surface area contributed by atoms with Gasteiger partial charge in [0.2, 0.25) is 5.91 Å². The van der Waals surface area contributed by atoms with Crippen molar-refractivity contribution in [3.63, 3.8) is 0 Å². The molecule has 0 fully saturated rings. The van der Waals surface area contributed by atoms with Crippen LogP contribution >= 0.6 is 35.7 Å². The number of rotatable bonds is 9. The average molecular weight is 464 g/mol. The first kappa shape index (κ1) is 23.0. The van der Waals surface area contributed by atoms with Crippen molar-refractivity contribution in [2.45, 2.75) is 25.7 Å². The Hall–Kier alpha value is -0.960. The largest absolute Gasteiger partial charge is 0.357 e. The number of hydrogen-bond acceptors (Lipinski definition) is 3. The van der Waals surface area contributed by atoms with Crippen LogP contribution in [0.5, 0.6) is 0 Å². The molecule has 0 spiro atoms. The standard InChI is InChI=1S/C17H28N4OS.HI/c1-4-18-17(20-11-10-19-16(22)14(2)3)21-12-13-23-15-8-6-5-7-9-15;/h5-9,14H,4,10-13H2,1-3H3,(H,19,22)(H2,18,20,21);1H. The smallest absolute Gasteiger partial charge is 0.222 e. The van der Waals surface area contributed by atoms with E-state index in [1.807, 2.05) is 50.7 Å². The van der Waals surface area contributed by atoms with Gasteiger partial charge < -0.3 is 16.0 Å². The van der Waals surface area contributed by atoms with Crippen LogP contribution in [0.2, 0.25) is 0 Å². The van der Waals surface area contributed by atoms with Crippen molar-refractivity contribution in [3.8, 4) is 0 Å². The zero-order valence-corrected chi connectivity index (χ0v) is 17.8. The minimum absolute atomic E-state index is 0. The molecular formula is C17H29IN4OS. The monoisotopic (exact) mass is 464 g/mol. The second-order valence-electron chi connectivity index (χ2n) is 5.29. The highest BCUT2D eigenvalue weighted by Crippen LogP contribution is 2.15. The molecule has 1 amide bonds. The van der Waals surface area contributed by atoms with Crippen LogP contribution in [0.3, 0.4) is 0 Å². The van der Waals surface area contributed by atoms with Gasteiger partial charge >= 0.3 is 0 Å². The van der Waals surface area contributed by atoms with Crippen molar-refractivity contribution in [1.82, 2.24) is 16.0 Å². The van der Waals surface area contributed by atoms with E-state index in [4.69, 9.17) is 0 Å². The van der Waals surface area contributed by atoms with E-state index in [1.54, 1.807) is 0 Å². The molecule has 0 aromatic heterocycles. The highest BCUT2D eigenvalue weighted by molar-refractivity contribution is 14.0. The number of carbonyl (C=O) groups excluding carboxylic acids is 1. The number of hydrogen-bond donors (Lipinski definition) is 3. The fourth-order valence-electron chi connectivity index (χ4n) is 1.75. The zero-order chi connectivity index (χ0) is 16.9. The van der Waals surface area contributed by atoms with Crippen LogP contribution in [0.4, 0.5) is 0 Å². The summed E-state index contributed by atoms with van der Waals surface area (Å²) in [6.07, 6.45) is 0. The Morgan fingerprint density at radius 2 is 1.83 bits per heavy atom. The first-order valence-electron chi connectivity index (χ1n) is 8.11. The highest BCUT2D eigenvalue weighted by Gasteiger charge is 2.04. The van der Waals surface area contributed by atoms with Crippen LogP contribution in [-0.4, -0.2) is 43.8 Å². The van der Waals surface area contributed by atoms with E-state index >= 15 is 0 Å². The van der Waals surface area contributed by atoms with E-state index in [0.29, 0.717) is 13.1 Å². The lowest BCUT2D eigenvalue weighted by Gasteiger charge is -2.11. The van der Waals surface area contributed by atoms with Crippen molar-refractivity contribution in [1.29, 1.82) is 0 Å². The summed E-state index contributed by atoms with van der Waals surface area (Å²) in [5, 5.41) is 9.38. The maximum Gasteiger partial charge on any atom is 0.222 e. The minimum Gasteiger partial charge on any atom is -0.357 e. The van der Waals surface area contributed by atoms with E-state index < -0.39 is 0 Å². The average Bonchev–Trinajstić information content (AvgIpc) is 2.55. The van der Waals surface area contributed by atoms with E-state index in [-0.39, 0.29) is 35.8 Å². The number of guanidine groups is 1. The number of thioether (sulfide) groups is 1. The molecule has 0 aliphatic carbocycles. The minimum atomic E-state index is 0. The molecule has 0 saturated carbocycles. The molecule has 1 aromatic rings. The van der Waals surface area contributed by atoms with Gasteiger partial charge in [-0.3, -0.25) is 9.79 Å².